The minimum absolute atomic E-state index is 0.0433. The van der Waals surface area contributed by atoms with Crippen LogP contribution in [-0.2, 0) is 15.8 Å². The van der Waals surface area contributed by atoms with Crippen LogP contribution in [0.2, 0.25) is 0 Å². The number of ether oxygens (including phenoxy) is 2. The van der Waals surface area contributed by atoms with Crippen molar-refractivity contribution in [2.24, 2.45) is 16.5 Å². The van der Waals surface area contributed by atoms with Crippen molar-refractivity contribution in [3.05, 3.63) is 47.0 Å². The summed E-state index contributed by atoms with van der Waals surface area (Å²) >= 11 is 0. The third-order valence-electron chi connectivity index (χ3n) is 4.79. The number of aliphatic carboxylic acids is 1. The van der Waals surface area contributed by atoms with Crippen molar-refractivity contribution >= 4 is 29.4 Å². The number of fused-ring (bicyclic) bond motifs is 1. The van der Waals surface area contributed by atoms with E-state index in [2.05, 4.69) is 15.6 Å². The fraction of sp³-hybridized carbons (Fsp3) is 0.238. The lowest BCUT2D eigenvalue weighted by Crippen LogP contribution is -2.39. The molecule has 0 spiro atoms. The van der Waals surface area contributed by atoms with Crippen LogP contribution in [0.5, 0.6) is 17.2 Å². The zero-order valence-electron chi connectivity index (χ0n) is 18.3. The van der Waals surface area contributed by atoms with E-state index >= 15 is 0 Å². The summed E-state index contributed by atoms with van der Waals surface area (Å²) in [5.74, 6) is -3.92. The van der Waals surface area contributed by atoms with Gasteiger partial charge in [0.15, 0.2) is 17.5 Å². The Bertz CT molecular complexity index is 1230. The molecule has 1 heterocycles. The second kappa shape index (κ2) is 10.3. The van der Waals surface area contributed by atoms with Gasteiger partial charge in [0.1, 0.15) is 5.75 Å². The van der Waals surface area contributed by atoms with Crippen molar-refractivity contribution in [1.82, 2.24) is 10.6 Å². The highest BCUT2D eigenvalue weighted by Gasteiger charge is 2.32. The summed E-state index contributed by atoms with van der Waals surface area (Å²) in [4.78, 5) is 39.8. The topological polar surface area (TPSA) is 199 Å². The average molecular weight is 511 g/mol. The highest BCUT2D eigenvalue weighted by molar-refractivity contribution is 5.97. The van der Waals surface area contributed by atoms with Gasteiger partial charge in [0.2, 0.25) is 12.7 Å². The lowest BCUT2D eigenvalue weighted by molar-refractivity contribution is -0.138. The molecule has 3 rings (SSSR count). The van der Waals surface area contributed by atoms with E-state index in [1.54, 1.807) is 0 Å². The molecule has 0 saturated carbocycles. The van der Waals surface area contributed by atoms with Gasteiger partial charge in [0.25, 0.3) is 5.91 Å². The third-order valence-corrected chi connectivity index (χ3v) is 4.79. The van der Waals surface area contributed by atoms with Crippen molar-refractivity contribution in [2.75, 3.05) is 13.3 Å². The number of aromatic hydroxyl groups is 1. The molecule has 12 nitrogen and oxygen atoms in total. The first-order valence-electron chi connectivity index (χ1n) is 10.1. The third kappa shape index (κ3) is 6.25. The molecule has 1 unspecified atom stereocenters. The van der Waals surface area contributed by atoms with Crippen molar-refractivity contribution in [2.45, 2.75) is 18.6 Å². The number of aliphatic imine (C=N–C) groups is 1. The smallest absolute Gasteiger partial charge is 0.416 e. The lowest BCUT2D eigenvalue weighted by Gasteiger charge is -2.20. The van der Waals surface area contributed by atoms with Gasteiger partial charge in [-0.25, -0.2) is 4.99 Å². The number of carbonyl (C=O) groups is 3. The van der Waals surface area contributed by atoms with Gasteiger partial charge in [-0.05, 0) is 30.3 Å². The zero-order valence-corrected chi connectivity index (χ0v) is 18.3. The maximum atomic E-state index is 13.2. The molecule has 0 aromatic heterocycles. The fourth-order valence-electron chi connectivity index (χ4n) is 3.35. The predicted octanol–water partition coefficient (Wildman–Crippen LogP) is 1.11. The Morgan fingerprint density at radius 3 is 2.50 bits per heavy atom. The van der Waals surface area contributed by atoms with Crippen LogP contribution in [0, 0.1) is 0 Å². The van der Waals surface area contributed by atoms with Crippen LogP contribution < -0.4 is 31.6 Å². The summed E-state index contributed by atoms with van der Waals surface area (Å²) in [6.07, 6.45) is -5.47. The Balaban J connectivity index is 1.77. The number of hydrogen-bond acceptors (Lipinski definition) is 7. The van der Waals surface area contributed by atoms with Gasteiger partial charge in [-0.1, -0.05) is 0 Å². The summed E-state index contributed by atoms with van der Waals surface area (Å²) in [5.41, 5.74) is 8.33. The number of halogens is 3. The van der Waals surface area contributed by atoms with Gasteiger partial charge in [-0.15, -0.1) is 0 Å². The number of nitrogens with one attached hydrogen (secondary N) is 2. The molecule has 0 fully saturated rings. The first-order chi connectivity index (χ1) is 16.8. The molecule has 0 radical (unpaired) electrons. The number of carbonyl (C=O) groups excluding carboxylic acids is 2. The second-order valence-corrected chi connectivity index (χ2v) is 7.44. The molecule has 0 aliphatic carbocycles. The molecule has 0 saturated heterocycles. The largest absolute Gasteiger partial charge is 0.507 e. The SMILES string of the molecule is NC(N)=Nc1cc(C(=O)NCC(=O)NC(CC(=O)O)c2c(O)ccc3c2OCO3)cc(C(F)(F)F)c1. The molecular formula is C21H20F3N5O7. The van der Waals surface area contributed by atoms with Crippen molar-refractivity contribution < 1.29 is 47.2 Å². The van der Waals surface area contributed by atoms with E-state index in [0.717, 1.165) is 6.07 Å². The summed E-state index contributed by atoms with van der Waals surface area (Å²) in [7, 11) is 0. The number of hydrogen-bond donors (Lipinski definition) is 6. The highest BCUT2D eigenvalue weighted by Crippen LogP contribution is 2.44. The summed E-state index contributed by atoms with van der Waals surface area (Å²) < 4.78 is 50.1. The molecule has 8 N–H and O–H groups in total. The molecule has 1 aliphatic rings. The molecule has 0 bridgehead atoms. The highest BCUT2D eigenvalue weighted by atomic mass is 19.4. The minimum Gasteiger partial charge on any atom is -0.507 e. The predicted molar refractivity (Wildman–Crippen MR) is 117 cm³/mol. The van der Waals surface area contributed by atoms with Crippen LogP contribution >= 0.6 is 0 Å². The van der Waals surface area contributed by atoms with Crippen LogP contribution in [0.15, 0.2) is 35.3 Å². The number of carboxylic acid groups (broad SMARTS) is 1. The van der Waals surface area contributed by atoms with E-state index < -0.39 is 60.1 Å². The van der Waals surface area contributed by atoms with Gasteiger partial charge in [-0.2, -0.15) is 13.2 Å². The Labute approximate surface area is 200 Å². The average Bonchev–Trinajstić information content (AvgIpc) is 3.24. The Morgan fingerprint density at radius 1 is 1.14 bits per heavy atom. The molecule has 36 heavy (non-hydrogen) atoms. The van der Waals surface area contributed by atoms with Crippen LogP contribution in [0.1, 0.15) is 33.9 Å². The number of guanidine groups is 1. The van der Waals surface area contributed by atoms with E-state index in [0.29, 0.717) is 12.1 Å². The maximum Gasteiger partial charge on any atom is 0.416 e. The molecule has 15 heteroatoms. The first kappa shape index (κ1) is 25.9. The number of benzene rings is 2. The Morgan fingerprint density at radius 2 is 1.86 bits per heavy atom. The van der Waals surface area contributed by atoms with Crippen LogP contribution in [0.3, 0.4) is 0 Å². The normalized spacial score (nSPS) is 13.0. The minimum atomic E-state index is -4.81. The van der Waals surface area contributed by atoms with E-state index in [1.165, 1.54) is 12.1 Å². The van der Waals surface area contributed by atoms with Crippen LogP contribution in [-0.4, -0.2) is 47.3 Å². The van der Waals surface area contributed by atoms with Crippen molar-refractivity contribution in [1.29, 1.82) is 0 Å². The molecule has 2 aromatic rings. The molecule has 192 valence electrons. The molecule has 2 amide bonds. The second-order valence-electron chi connectivity index (χ2n) is 7.44. The standard InChI is InChI=1S/C21H20F3N5O7/c22-21(23,24)10-3-9(4-11(5-10)28-20(25)26)19(34)27-7-15(31)29-12(6-16(32)33)17-13(30)1-2-14-18(17)36-8-35-14/h1-5,12,30H,6-8H2,(H,27,34)(H,29,31)(H,32,33)(H4,25,26,28). The number of nitrogens with two attached hydrogens (primary N) is 2. The Kier molecular flexibility index (Phi) is 7.41. The quantitative estimate of drug-likeness (QED) is 0.222. The number of carboxylic acids is 1. The van der Waals surface area contributed by atoms with Gasteiger partial charge < -0.3 is 41.8 Å². The van der Waals surface area contributed by atoms with Crippen LogP contribution in [0.25, 0.3) is 0 Å². The zero-order chi connectivity index (χ0) is 26.6. The fourth-order valence-corrected chi connectivity index (χ4v) is 3.35. The van der Waals surface area contributed by atoms with E-state index in [4.69, 9.17) is 20.9 Å². The number of alkyl halides is 3. The summed E-state index contributed by atoms with van der Waals surface area (Å²) in [5, 5.41) is 24.0. The van der Waals surface area contributed by atoms with Gasteiger partial charge in [-0.3, -0.25) is 14.4 Å². The van der Waals surface area contributed by atoms with Gasteiger partial charge in [0.05, 0.1) is 35.8 Å². The van der Waals surface area contributed by atoms with E-state index in [9.17, 15) is 37.8 Å². The number of phenols is 1. The summed E-state index contributed by atoms with van der Waals surface area (Å²) in [6, 6.07) is 3.51. The Hall–Kier alpha value is -4.69. The molecule has 1 aliphatic heterocycles. The number of rotatable bonds is 8. The van der Waals surface area contributed by atoms with Gasteiger partial charge in [0, 0.05) is 5.56 Å². The van der Waals surface area contributed by atoms with Gasteiger partial charge >= 0.3 is 12.1 Å². The van der Waals surface area contributed by atoms with E-state index in [1.807, 2.05) is 0 Å². The van der Waals surface area contributed by atoms with Crippen molar-refractivity contribution in [3.8, 4) is 17.2 Å². The maximum absolute atomic E-state index is 13.2. The first-order valence-corrected chi connectivity index (χ1v) is 10.1. The lowest BCUT2D eigenvalue weighted by atomic mass is 10.0. The van der Waals surface area contributed by atoms with E-state index in [-0.39, 0.29) is 35.3 Å². The number of phenolic OH excluding ortho intramolecular Hbond substituents is 1. The number of amides is 2. The molecular weight excluding hydrogens is 491 g/mol. The van der Waals surface area contributed by atoms with Crippen molar-refractivity contribution in [3.63, 3.8) is 0 Å². The molecule has 1 atom stereocenters. The van der Waals surface area contributed by atoms with Crippen LogP contribution in [0.4, 0.5) is 18.9 Å². The monoisotopic (exact) mass is 511 g/mol. The summed E-state index contributed by atoms with van der Waals surface area (Å²) in [6.45, 7) is -0.926. The number of nitrogens with zero attached hydrogens (tertiary/aromatic N) is 1. The molecule has 2 aromatic carbocycles.